The summed E-state index contributed by atoms with van der Waals surface area (Å²) in [7, 11) is 0. The van der Waals surface area contributed by atoms with Gasteiger partial charge in [-0.05, 0) is 36.4 Å². The lowest BCUT2D eigenvalue weighted by Crippen LogP contribution is -2.17. The number of carbonyl (C=O) groups excluding carboxylic acids is 1. The zero-order chi connectivity index (χ0) is 14.5. The Kier molecular flexibility index (Phi) is 4.30. The molecule has 0 bridgehead atoms. The number of hydrogen-bond acceptors (Lipinski definition) is 3. The molecule has 0 radical (unpaired) electrons. The average Bonchev–Trinajstić information content (AvgIpc) is 2.43. The van der Waals surface area contributed by atoms with E-state index in [0.717, 1.165) is 5.69 Å². The lowest BCUT2D eigenvalue weighted by Gasteiger charge is -2.09. The van der Waals surface area contributed by atoms with Crippen LogP contribution in [-0.2, 0) is 4.79 Å². The Hall–Kier alpha value is -2.43. The maximum Gasteiger partial charge on any atom is 0.226 e. The van der Waals surface area contributed by atoms with Gasteiger partial charge in [-0.3, -0.25) is 4.79 Å². The fourth-order valence-electron chi connectivity index (χ4n) is 1.51. The van der Waals surface area contributed by atoms with Crippen molar-refractivity contribution < 1.29 is 9.18 Å². The largest absolute Gasteiger partial charge is 0.340 e. The molecule has 1 amide bonds. The predicted octanol–water partition coefficient (Wildman–Crippen LogP) is 3.56. The van der Waals surface area contributed by atoms with Crippen LogP contribution in [-0.4, -0.2) is 10.9 Å². The minimum Gasteiger partial charge on any atom is -0.340 e. The maximum atomic E-state index is 12.8. The Morgan fingerprint density at radius 1 is 1.10 bits per heavy atom. The fraction of sp³-hybridized carbons (Fsp3) is 0.200. The van der Waals surface area contributed by atoms with E-state index in [1.165, 1.54) is 12.1 Å². The molecule has 2 rings (SSSR count). The molecule has 0 saturated carbocycles. The second-order valence-corrected chi connectivity index (χ2v) is 4.71. The minimum absolute atomic E-state index is 0.0500. The molecule has 20 heavy (non-hydrogen) atoms. The Labute approximate surface area is 117 Å². The first-order valence-corrected chi connectivity index (χ1v) is 6.34. The van der Waals surface area contributed by atoms with Gasteiger partial charge in [-0.1, -0.05) is 13.8 Å². The molecule has 104 valence electrons. The molecule has 0 spiro atoms. The highest BCUT2D eigenvalue weighted by Gasteiger charge is 2.07. The average molecular weight is 273 g/mol. The summed E-state index contributed by atoms with van der Waals surface area (Å²) in [6.07, 6.45) is 1.58. The summed E-state index contributed by atoms with van der Waals surface area (Å²) in [5, 5.41) is 5.81. The molecule has 0 aliphatic heterocycles. The number of rotatable bonds is 4. The number of nitrogens with zero attached hydrogens (tertiary/aromatic N) is 1. The first kappa shape index (κ1) is 14.0. The van der Waals surface area contributed by atoms with Crippen molar-refractivity contribution in [1.82, 2.24) is 4.98 Å². The highest BCUT2D eigenvalue weighted by Crippen LogP contribution is 2.16. The van der Waals surface area contributed by atoms with Gasteiger partial charge >= 0.3 is 0 Å². The molecule has 0 saturated heterocycles. The van der Waals surface area contributed by atoms with Gasteiger partial charge in [-0.2, -0.15) is 0 Å². The molecule has 1 aromatic carbocycles. The molecule has 2 aromatic rings. The van der Waals surface area contributed by atoms with Gasteiger partial charge in [0.15, 0.2) is 0 Å². The number of benzene rings is 1. The van der Waals surface area contributed by atoms with Gasteiger partial charge in [0.1, 0.15) is 11.6 Å². The molecule has 0 atom stereocenters. The second-order valence-electron chi connectivity index (χ2n) is 4.71. The van der Waals surface area contributed by atoms with E-state index in [4.69, 9.17) is 0 Å². The smallest absolute Gasteiger partial charge is 0.226 e. The zero-order valence-electron chi connectivity index (χ0n) is 11.4. The SMILES string of the molecule is CC(C)C(=O)Nc1ccc(Nc2ccc(F)cc2)nc1. The number of anilines is 3. The number of amides is 1. The topological polar surface area (TPSA) is 54.0 Å². The molecular weight excluding hydrogens is 257 g/mol. The van der Waals surface area contributed by atoms with Crippen LogP contribution >= 0.6 is 0 Å². The van der Waals surface area contributed by atoms with E-state index in [1.54, 1.807) is 30.5 Å². The summed E-state index contributed by atoms with van der Waals surface area (Å²) in [6, 6.07) is 9.52. The molecule has 1 aromatic heterocycles. The van der Waals surface area contributed by atoms with Crippen LogP contribution in [0, 0.1) is 11.7 Å². The van der Waals surface area contributed by atoms with Crippen molar-refractivity contribution in [1.29, 1.82) is 0 Å². The van der Waals surface area contributed by atoms with Crippen molar-refractivity contribution in [3.05, 3.63) is 48.4 Å². The van der Waals surface area contributed by atoms with Crippen molar-refractivity contribution in [2.75, 3.05) is 10.6 Å². The summed E-state index contributed by atoms with van der Waals surface area (Å²) in [5.74, 6) is 0.215. The first-order valence-electron chi connectivity index (χ1n) is 6.34. The lowest BCUT2D eigenvalue weighted by molar-refractivity contribution is -0.118. The Bertz CT molecular complexity index is 579. The Morgan fingerprint density at radius 3 is 2.30 bits per heavy atom. The molecule has 0 fully saturated rings. The van der Waals surface area contributed by atoms with E-state index in [2.05, 4.69) is 15.6 Å². The van der Waals surface area contributed by atoms with E-state index in [1.807, 2.05) is 13.8 Å². The van der Waals surface area contributed by atoms with Gasteiger partial charge in [0.2, 0.25) is 5.91 Å². The van der Waals surface area contributed by atoms with Crippen LogP contribution in [0.2, 0.25) is 0 Å². The van der Waals surface area contributed by atoms with Gasteiger partial charge < -0.3 is 10.6 Å². The molecule has 5 heteroatoms. The molecular formula is C15H16FN3O. The highest BCUT2D eigenvalue weighted by atomic mass is 19.1. The van der Waals surface area contributed by atoms with Crippen LogP contribution in [0.25, 0.3) is 0 Å². The molecule has 4 nitrogen and oxygen atoms in total. The predicted molar refractivity (Wildman–Crippen MR) is 77.4 cm³/mol. The zero-order valence-corrected chi connectivity index (χ0v) is 11.4. The Balaban J connectivity index is 2.01. The first-order chi connectivity index (χ1) is 9.54. The van der Waals surface area contributed by atoms with Crippen LogP contribution in [0.1, 0.15) is 13.8 Å². The third kappa shape index (κ3) is 3.78. The van der Waals surface area contributed by atoms with Gasteiger partial charge in [0, 0.05) is 11.6 Å². The maximum absolute atomic E-state index is 12.8. The summed E-state index contributed by atoms with van der Waals surface area (Å²) in [4.78, 5) is 15.7. The number of halogens is 1. The third-order valence-electron chi connectivity index (χ3n) is 2.67. The highest BCUT2D eigenvalue weighted by molar-refractivity contribution is 5.91. The van der Waals surface area contributed by atoms with E-state index < -0.39 is 0 Å². The van der Waals surface area contributed by atoms with E-state index >= 15 is 0 Å². The summed E-state index contributed by atoms with van der Waals surface area (Å²) >= 11 is 0. The Morgan fingerprint density at radius 2 is 1.75 bits per heavy atom. The quantitative estimate of drug-likeness (QED) is 0.895. The van der Waals surface area contributed by atoms with E-state index in [-0.39, 0.29) is 17.6 Å². The number of carbonyl (C=O) groups is 1. The summed E-state index contributed by atoms with van der Waals surface area (Å²) < 4.78 is 12.8. The molecule has 0 unspecified atom stereocenters. The summed E-state index contributed by atoms with van der Waals surface area (Å²) in [6.45, 7) is 3.65. The molecule has 0 aliphatic rings. The van der Waals surface area contributed by atoms with Crippen LogP contribution in [0.5, 0.6) is 0 Å². The monoisotopic (exact) mass is 273 g/mol. The standard InChI is InChI=1S/C15H16FN3O/c1-10(2)15(20)19-13-7-8-14(17-9-13)18-12-5-3-11(16)4-6-12/h3-10H,1-2H3,(H,17,18)(H,19,20). The van der Waals surface area contributed by atoms with E-state index in [9.17, 15) is 9.18 Å². The second kappa shape index (κ2) is 6.14. The normalized spacial score (nSPS) is 10.4. The van der Waals surface area contributed by atoms with Crippen molar-refractivity contribution in [2.45, 2.75) is 13.8 Å². The van der Waals surface area contributed by atoms with Crippen LogP contribution in [0.15, 0.2) is 42.6 Å². The van der Waals surface area contributed by atoms with Crippen molar-refractivity contribution in [3.8, 4) is 0 Å². The van der Waals surface area contributed by atoms with Crippen molar-refractivity contribution in [3.63, 3.8) is 0 Å². The number of hydrogen-bond donors (Lipinski definition) is 2. The minimum atomic E-state index is -0.282. The van der Waals surface area contributed by atoms with Gasteiger partial charge in [0.25, 0.3) is 0 Å². The number of pyridine rings is 1. The molecule has 0 aliphatic carbocycles. The van der Waals surface area contributed by atoms with Gasteiger partial charge in [-0.25, -0.2) is 9.37 Å². The summed E-state index contributed by atoms with van der Waals surface area (Å²) in [5.41, 5.74) is 1.39. The van der Waals surface area contributed by atoms with Crippen LogP contribution in [0.4, 0.5) is 21.6 Å². The fourth-order valence-corrected chi connectivity index (χ4v) is 1.51. The van der Waals surface area contributed by atoms with Gasteiger partial charge in [-0.15, -0.1) is 0 Å². The lowest BCUT2D eigenvalue weighted by atomic mass is 10.2. The number of nitrogens with one attached hydrogen (secondary N) is 2. The van der Waals surface area contributed by atoms with Crippen LogP contribution in [0.3, 0.4) is 0 Å². The van der Waals surface area contributed by atoms with Crippen molar-refractivity contribution >= 4 is 23.1 Å². The van der Waals surface area contributed by atoms with E-state index in [0.29, 0.717) is 11.5 Å². The molecule has 2 N–H and O–H groups in total. The molecule has 1 heterocycles. The number of aromatic nitrogens is 1. The van der Waals surface area contributed by atoms with Crippen LogP contribution < -0.4 is 10.6 Å². The van der Waals surface area contributed by atoms with Gasteiger partial charge in [0.05, 0.1) is 11.9 Å². The third-order valence-corrected chi connectivity index (χ3v) is 2.67. The van der Waals surface area contributed by atoms with Crippen molar-refractivity contribution in [2.24, 2.45) is 5.92 Å².